The average molecular weight is 134 g/mol. The minimum absolute atomic E-state index is 0.299. The molecule has 1 aromatic rings. The van der Waals surface area contributed by atoms with Crippen molar-refractivity contribution in [3.05, 3.63) is 17.4 Å². The Morgan fingerprint density at radius 2 is 2.38 bits per heavy atom. The Labute approximate surface area is 49.5 Å². The summed E-state index contributed by atoms with van der Waals surface area (Å²) in [7, 11) is 0. The summed E-state index contributed by atoms with van der Waals surface area (Å²) < 4.78 is 12.0. The minimum Gasteiger partial charge on any atom is -0.203 e. The van der Waals surface area contributed by atoms with E-state index >= 15 is 0 Å². The van der Waals surface area contributed by atoms with Crippen LogP contribution in [0.4, 0.5) is 4.39 Å². The molecule has 0 saturated heterocycles. The second kappa shape index (κ2) is 2.00. The molecule has 0 radical (unpaired) electrons. The van der Waals surface area contributed by atoms with Gasteiger partial charge in [0.1, 0.15) is 6.33 Å². The van der Waals surface area contributed by atoms with Crippen molar-refractivity contribution in [3.63, 3.8) is 0 Å². The van der Waals surface area contributed by atoms with Crippen molar-refractivity contribution in [1.82, 2.24) is 15.2 Å². The van der Waals surface area contributed by atoms with Crippen LogP contribution in [0.1, 0.15) is 0 Å². The standard InChI is InChI=1S/C3HClFN3/c4-2-3(5)6-1-7-8-2/h1H. The van der Waals surface area contributed by atoms with Crippen LogP contribution >= 0.6 is 11.6 Å². The van der Waals surface area contributed by atoms with Gasteiger partial charge in [-0.3, -0.25) is 0 Å². The largest absolute Gasteiger partial charge is 0.254 e. The van der Waals surface area contributed by atoms with E-state index in [1.54, 1.807) is 0 Å². The Kier molecular flexibility index (Phi) is 1.34. The lowest BCUT2D eigenvalue weighted by molar-refractivity contribution is 0.567. The number of hydrogen-bond donors (Lipinski definition) is 0. The van der Waals surface area contributed by atoms with Crippen LogP contribution in [0.25, 0.3) is 0 Å². The fourth-order valence-electron chi connectivity index (χ4n) is 0.248. The van der Waals surface area contributed by atoms with Crippen LogP contribution in [0.2, 0.25) is 5.15 Å². The smallest absolute Gasteiger partial charge is 0.203 e. The van der Waals surface area contributed by atoms with Gasteiger partial charge in [-0.15, -0.1) is 10.2 Å². The van der Waals surface area contributed by atoms with Crippen LogP contribution < -0.4 is 0 Å². The van der Waals surface area contributed by atoms with Crippen LogP contribution in [-0.4, -0.2) is 15.2 Å². The molecule has 5 heteroatoms. The third kappa shape index (κ3) is 0.894. The summed E-state index contributed by atoms with van der Waals surface area (Å²) in [5.41, 5.74) is 0. The normalized spacial score (nSPS) is 9.25. The van der Waals surface area contributed by atoms with E-state index < -0.39 is 5.95 Å². The molecule has 0 amide bonds. The molecule has 0 bridgehead atoms. The first-order valence-corrected chi connectivity index (χ1v) is 2.17. The van der Waals surface area contributed by atoms with Gasteiger partial charge in [0.05, 0.1) is 0 Å². The van der Waals surface area contributed by atoms with E-state index in [4.69, 9.17) is 11.6 Å². The third-order valence-corrected chi connectivity index (χ3v) is 0.770. The van der Waals surface area contributed by atoms with Crippen molar-refractivity contribution in [2.75, 3.05) is 0 Å². The lowest BCUT2D eigenvalue weighted by Crippen LogP contribution is -1.88. The summed E-state index contributed by atoms with van der Waals surface area (Å²) in [6.07, 6.45) is 0.987. The molecule has 0 atom stereocenters. The highest BCUT2D eigenvalue weighted by atomic mass is 35.5. The van der Waals surface area contributed by atoms with Crippen molar-refractivity contribution in [2.24, 2.45) is 0 Å². The lowest BCUT2D eigenvalue weighted by atomic mass is 10.8. The third-order valence-electron chi connectivity index (χ3n) is 0.538. The predicted octanol–water partition coefficient (Wildman–Crippen LogP) is 0.664. The van der Waals surface area contributed by atoms with Gasteiger partial charge in [-0.05, 0) is 0 Å². The molecule has 0 aliphatic rings. The highest BCUT2D eigenvalue weighted by molar-refractivity contribution is 6.29. The molecule has 3 nitrogen and oxygen atoms in total. The fourth-order valence-corrected chi connectivity index (χ4v) is 0.340. The summed E-state index contributed by atoms with van der Waals surface area (Å²) in [5, 5.41) is 6.07. The van der Waals surface area contributed by atoms with E-state index in [-0.39, 0.29) is 5.15 Å². The molecule has 0 saturated carbocycles. The Balaban J connectivity index is 3.13. The quantitative estimate of drug-likeness (QED) is 0.522. The first-order valence-electron chi connectivity index (χ1n) is 1.79. The monoisotopic (exact) mass is 133 g/mol. The average Bonchev–Trinajstić information content (AvgIpc) is 1.77. The number of halogens is 2. The summed E-state index contributed by atoms with van der Waals surface area (Å²) in [6.45, 7) is 0. The van der Waals surface area contributed by atoms with Crippen molar-refractivity contribution in [1.29, 1.82) is 0 Å². The van der Waals surface area contributed by atoms with Crippen molar-refractivity contribution < 1.29 is 4.39 Å². The fraction of sp³-hybridized carbons (Fsp3) is 0. The van der Waals surface area contributed by atoms with E-state index in [0.29, 0.717) is 0 Å². The van der Waals surface area contributed by atoms with E-state index in [2.05, 4.69) is 15.2 Å². The Morgan fingerprint density at radius 3 is 2.75 bits per heavy atom. The maximum absolute atomic E-state index is 12.0. The van der Waals surface area contributed by atoms with Crippen LogP contribution in [0.5, 0.6) is 0 Å². The second-order valence-electron chi connectivity index (χ2n) is 1.04. The highest BCUT2D eigenvalue weighted by Gasteiger charge is 1.96. The first kappa shape index (κ1) is 5.37. The molecule has 0 aromatic carbocycles. The summed E-state index contributed by atoms with van der Waals surface area (Å²) in [5.74, 6) is -0.790. The van der Waals surface area contributed by atoms with Crippen LogP contribution in [0.15, 0.2) is 6.33 Å². The zero-order valence-corrected chi connectivity index (χ0v) is 4.43. The number of rotatable bonds is 0. The second-order valence-corrected chi connectivity index (χ2v) is 1.40. The van der Waals surface area contributed by atoms with Gasteiger partial charge in [-0.2, -0.15) is 4.39 Å². The molecule has 0 aliphatic heterocycles. The molecule has 1 rings (SSSR count). The molecule has 1 heterocycles. The van der Waals surface area contributed by atoms with Crippen molar-refractivity contribution in [2.45, 2.75) is 0 Å². The minimum atomic E-state index is -0.790. The summed E-state index contributed by atoms with van der Waals surface area (Å²) >= 11 is 5.10. The van der Waals surface area contributed by atoms with Crippen LogP contribution in [0.3, 0.4) is 0 Å². The number of nitrogens with zero attached hydrogens (tertiary/aromatic N) is 3. The molecule has 42 valence electrons. The summed E-state index contributed by atoms with van der Waals surface area (Å²) in [4.78, 5) is 3.11. The van der Waals surface area contributed by atoms with Gasteiger partial charge in [0.2, 0.25) is 5.15 Å². The van der Waals surface area contributed by atoms with Crippen molar-refractivity contribution >= 4 is 11.6 Å². The Morgan fingerprint density at radius 1 is 1.62 bits per heavy atom. The zero-order chi connectivity index (χ0) is 5.98. The number of hydrogen-bond acceptors (Lipinski definition) is 3. The molecule has 0 spiro atoms. The lowest BCUT2D eigenvalue weighted by Gasteiger charge is -1.83. The highest BCUT2D eigenvalue weighted by Crippen LogP contribution is 2.02. The Hall–Kier alpha value is -0.770. The maximum Gasteiger partial charge on any atom is 0.254 e. The van der Waals surface area contributed by atoms with Crippen molar-refractivity contribution in [3.8, 4) is 0 Å². The first-order chi connectivity index (χ1) is 3.80. The van der Waals surface area contributed by atoms with E-state index in [0.717, 1.165) is 6.33 Å². The van der Waals surface area contributed by atoms with Crippen LogP contribution in [0, 0.1) is 5.95 Å². The van der Waals surface area contributed by atoms with Gasteiger partial charge in [0.15, 0.2) is 0 Å². The Bertz CT molecular complexity index is 171. The maximum atomic E-state index is 12.0. The molecule has 0 N–H and O–H groups in total. The summed E-state index contributed by atoms with van der Waals surface area (Å²) in [6, 6.07) is 0. The molecule has 0 unspecified atom stereocenters. The van der Waals surface area contributed by atoms with E-state index in [1.807, 2.05) is 0 Å². The van der Waals surface area contributed by atoms with Gasteiger partial charge >= 0.3 is 0 Å². The van der Waals surface area contributed by atoms with Gasteiger partial charge in [0.25, 0.3) is 5.95 Å². The molecule has 1 aromatic heterocycles. The van der Waals surface area contributed by atoms with Gasteiger partial charge in [-0.25, -0.2) is 4.98 Å². The van der Waals surface area contributed by atoms with Gasteiger partial charge < -0.3 is 0 Å². The van der Waals surface area contributed by atoms with E-state index in [9.17, 15) is 4.39 Å². The topological polar surface area (TPSA) is 38.7 Å². The van der Waals surface area contributed by atoms with E-state index in [1.165, 1.54) is 0 Å². The van der Waals surface area contributed by atoms with Crippen LogP contribution in [-0.2, 0) is 0 Å². The number of aromatic nitrogens is 3. The predicted molar refractivity (Wildman–Crippen MR) is 24.8 cm³/mol. The molecule has 0 aliphatic carbocycles. The molecular formula is C3HClFN3. The van der Waals surface area contributed by atoms with Gasteiger partial charge in [-0.1, -0.05) is 11.6 Å². The molecular weight excluding hydrogens is 133 g/mol. The van der Waals surface area contributed by atoms with Gasteiger partial charge in [0, 0.05) is 0 Å². The molecule has 0 fully saturated rings. The molecule has 8 heavy (non-hydrogen) atoms. The SMILES string of the molecule is Fc1ncnnc1Cl. The zero-order valence-electron chi connectivity index (χ0n) is 3.67.